The van der Waals surface area contributed by atoms with E-state index in [1.54, 1.807) is 7.11 Å². The van der Waals surface area contributed by atoms with Gasteiger partial charge in [0.15, 0.2) is 0 Å². The normalized spacial score (nSPS) is 18.0. The highest BCUT2D eigenvalue weighted by atomic mass is 16.5. The second kappa shape index (κ2) is 5.60. The van der Waals surface area contributed by atoms with Crippen LogP contribution in [-0.4, -0.2) is 18.9 Å². The van der Waals surface area contributed by atoms with E-state index in [-0.39, 0.29) is 17.4 Å². The Hall–Kier alpha value is -3.39. The minimum absolute atomic E-state index is 0.0362. The van der Waals surface area contributed by atoms with E-state index in [2.05, 4.69) is 4.99 Å². The molecule has 0 radical (unpaired) electrons. The van der Waals surface area contributed by atoms with Crippen LogP contribution in [0.3, 0.4) is 0 Å². The maximum absolute atomic E-state index is 12.1. The number of benzene rings is 2. The van der Waals surface area contributed by atoms with Gasteiger partial charge in [-0.15, -0.1) is 0 Å². The van der Waals surface area contributed by atoms with E-state index in [9.17, 15) is 10.1 Å². The van der Waals surface area contributed by atoms with Crippen LogP contribution in [0.25, 0.3) is 0 Å². The van der Waals surface area contributed by atoms with Gasteiger partial charge in [-0.3, -0.25) is 4.79 Å². The molecule has 122 valence electrons. The maximum atomic E-state index is 12.1. The molecule has 2 aromatic carbocycles. The van der Waals surface area contributed by atoms with Crippen LogP contribution in [0.2, 0.25) is 0 Å². The van der Waals surface area contributed by atoms with Gasteiger partial charge in [0.2, 0.25) is 5.90 Å². The number of amides is 1. The van der Waals surface area contributed by atoms with E-state index in [0.717, 1.165) is 16.7 Å². The van der Waals surface area contributed by atoms with Crippen molar-refractivity contribution < 1.29 is 14.3 Å². The first-order valence-electron chi connectivity index (χ1n) is 7.82. The summed E-state index contributed by atoms with van der Waals surface area (Å²) in [6.07, 6.45) is 0. The third-order valence-corrected chi connectivity index (χ3v) is 4.43. The Bertz CT molecular complexity index is 1010. The first-order chi connectivity index (χ1) is 12.1. The number of carbonyl (C=O) groups excluding carboxylic acids is 1. The van der Waals surface area contributed by atoms with Crippen LogP contribution in [0.1, 0.15) is 22.6 Å². The Morgan fingerprint density at radius 1 is 1.24 bits per heavy atom. The number of aliphatic imine (C=N–C) groups is 1. The monoisotopic (exact) mass is 330 g/mol. The lowest BCUT2D eigenvalue weighted by Crippen LogP contribution is -2.24. The van der Waals surface area contributed by atoms with E-state index in [1.807, 2.05) is 55.5 Å². The summed E-state index contributed by atoms with van der Waals surface area (Å²) in [5, 5.41) is 9.45. The summed E-state index contributed by atoms with van der Waals surface area (Å²) < 4.78 is 11.2. The molecular weight excluding hydrogens is 316 g/mol. The summed E-state index contributed by atoms with van der Waals surface area (Å²) in [6, 6.07) is 15.5. The van der Waals surface area contributed by atoms with E-state index in [4.69, 9.17) is 9.47 Å². The minimum Gasteiger partial charge on any atom is -0.497 e. The summed E-state index contributed by atoms with van der Waals surface area (Å²) in [6.45, 7) is 1.97. The highest BCUT2D eigenvalue weighted by Crippen LogP contribution is 2.45. The van der Waals surface area contributed by atoms with Gasteiger partial charge < -0.3 is 9.47 Å². The van der Waals surface area contributed by atoms with Gasteiger partial charge in [0, 0.05) is 11.5 Å². The van der Waals surface area contributed by atoms with Gasteiger partial charge in [-0.2, -0.15) is 10.3 Å². The number of carbonyl (C=O) groups is 1. The molecule has 0 saturated carbocycles. The van der Waals surface area contributed by atoms with Gasteiger partial charge in [0.05, 0.1) is 12.7 Å². The minimum atomic E-state index is -0.551. The zero-order valence-corrected chi connectivity index (χ0v) is 13.7. The van der Waals surface area contributed by atoms with Crippen molar-refractivity contribution in [3.8, 4) is 17.6 Å². The van der Waals surface area contributed by atoms with Crippen molar-refractivity contribution in [2.75, 3.05) is 7.11 Å². The zero-order chi connectivity index (χ0) is 17.6. The van der Waals surface area contributed by atoms with Crippen LogP contribution in [0, 0.1) is 18.3 Å². The molecule has 5 heteroatoms. The van der Waals surface area contributed by atoms with Crippen molar-refractivity contribution in [1.82, 2.24) is 0 Å². The van der Waals surface area contributed by atoms with Crippen molar-refractivity contribution in [2.24, 2.45) is 4.99 Å². The number of rotatable bonds is 2. The highest BCUT2D eigenvalue weighted by molar-refractivity contribution is 6.20. The molecule has 2 heterocycles. The van der Waals surface area contributed by atoms with E-state index in [0.29, 0.717) is 17.1 Å². The van der Waals surface area contributed by atoms with Crippen LogP contribution in [-0.2, 0) is 4.79 Å². The SMILES string of the molecule is COc1cccc(C2C3=C(C#N)C(=O)N=C3Oc3cc(C)ccc32)c1. The standard InChI is InChI=1S/C20H14N2O3/c1-11-6-7-14-16(8-11)25-20-18(15(10-21)19(23)22-20)17(14)12-4-3-5-13(9-12)24-2/h3-9,17H,1-2H3. The average Bonchev–Trinajstić information content (AvgIpc) is 2.93. The van der Waals surface area contributed by atoms with Crippen molar-refractivity contribution in [3.63, 3.8) is 0 Å². The second-order valence-corrected chi connectivity index (χ2v) is 5.98. The van der Waals surface area contributed by atoms with E-state index < -0.39 is 5.91 Å². The van der Waals surface area contributed by atoms with Gasteiger partial charge in [0.1, 0.15) is 23.1 Å². The largest absolute Gasteiger partial charge is 0.497 e. The topological polar surface area (TPSA) is 71.7 Å². The Morgan fingerprint density at radius 3 is 2.84 bits per heavy atom. The molecular formula is C20H14N2O3. The Kier molecular flexibility index (Phi) is 3.40. The summed E-state index contributed by atoms with van der Waals surface area (Å²) in [7, 11) is 1.60. The lowest BCUT2D eigenvalue weighted by molar-refractivity contribution is -0.113. The number of hydrogen-bond donors (Lipinski definition) is 0. The summed E-state index contributed by atoms with van der Waals surface area (Å²) in [4.78, 5) is 16.1. The lowest BCUT2D eigenvalue weighted by Gasteiger charge is -2.28. The third-order valence-electron chi connectivity index (χ3n) is 4.43. The molecule has 1 unspecified atom stereocenters. The number of nitrogens with zero attached hydrogens (tertiary/aromatic N) is 2. The quantitative estimate of drug-likeness (QED) is 0.847. The smallest absolute Gasteiger partial charge is 0.291 e. The molecule has 0 aliphatic carbocycles. The Morgan fingerprint density at radius 2 is 2.08 bits per heavy atom. The van der Waals surface area contributed by atoms with E-state index >= 15 is 0 Å². The third kappa shape index (κ3) is 2.31. The summed E-state index contributed by atoms with van der Waals surface area (Å²) >= 11 is 0. The lowest BCUT2D eigenvalue weighted by atomic mass is 9.81. The average molecular weight is 330 g/mol. The van der Waals surface area contributed by atoms with Gasteiger partial charge in [0.25, 0.3) is 5.91 Å². The fraction of sp³-hybridized carbons (Fsp3) is 0.150. The van der Waals surface area contributed by atoms with Crippen LogP contribution in [0.4, 0.5) is 0 Å². The molecule has 1 atom stereocenters. The van der Waals surface area contributed by atoms with Gasteiger partial charge in [-0.05, 0) is 36.2 Å². The van der Waals surface area contributed by atoms with Crippen LogP contribution >= 0.6 is 0 Å². The summed E-state index contributed by atoms with van der Waals surface area (Å²) in [5.74, 6) is 0.721. The zero-order valence-electron chi connectivity index (χ0n) is 13.7. The van der Waals surface area contributed by atoms with E-state index in [1.165, 1.54) is 0 Å². The fourth-order valence-electron chi connectivity index (χ4n) is 3.28. The van der Waals surface area contributed by atoms with Crippen molar-refractivity contribution in [3.05, 3.63) is 70.3 Å². The number of methoxy groups -OCH3 is 1. The molecule has 0 N–H and O–H groups in total. The fourth-order valence-corrected chi connectivity index (χ4v) is 3.28. The molecule has 0 fully saturated rings. The molecule has 1 amide bonds. The molecule has 0 saturated heterocycles. The number of nitriles is 1. The van der Waals surface area contributed by atoms with Crippen molar-refractivity contribution >= 4 is 11.8 Å². The van der Waals surface area contributed by atoms with Crippen LogP contribution < -0.4 is 9.47 Å². The number of aryl methyl sites for hydroxylation is 1. The maximum Gasteiger partial charge on any atom is 0.291 e. The van der Waals surface area contributed by atoms with Crippen molar-refractivity contribution in [2.45, 2.75) is 12.8 Å². The van der Waals surface area contributed by atoms with Crippen molar-refractivity contribution in [1.29, 1.82) is 5.26 Å². The number of ether oxygens (including phenoxy) is 2. The molecule has 0 spiro atoms. The van der Waals surface area contributed by atoms with Crippen LogP contribution in [0.15, 0.2) is 58.6 Å². The molecule has 2 aliphatic heterocycles. The predicted molar refractivity (Wildman–Crippen MR) is 91.7 cm³/mol. The second-order valence-electron chi connectivity index (χ2n) is 5.98. The van der Waals surface area contributed by atoms with Gasteiger partial charge in [-0.1, -0.05) is 24.3 Å². The molecule has 25 heavy (non-hydrogen) atoms. The Balaban J connectivity index is 2.01. The summed E-state index contributed by atoms with van der Waals surface area (Å²) in [5.41, 5.74) is 3.42. The Labute approximate surface area is 144 Å². The predicted octanol–water partition coefficient (Wildman–Crippen LogP) is 3.29. The molecule has 2 aromatic rings. The van der Waals surface area contributed by atoms with Gasteiger partial charge >= 0.3 is 0 Å². The van der Waals surface area contributed by atoms with Crippen LogP contribution in [0.5, 0.6) is 11.5 Å². The first-order valence-corrected chi connectivity index (χ1v) is 7.82. The van der Waals surface area contributed by atoms with Gasteiger partial charge in [-0.25, -0.2) is 0 Å². The number of hydrogen-bond acceptors (Lipinski definition) is 4. The molecule has 4 rings (SSSR count). The molecule has 5 nitrogen and oxygen atoms in total. The highest BCUT2D eigenvalue weighted by Gasteiger charge is 2.40. The first kappa shape index (κ1) is 15.2. The molecule has 2 aliphatic rings. The molecule has 0 aromatic heterocycles. The molecule has 0 bridgehead atoms. The number of fused-ring (bicyclic) bond motifs is 2.